The lowest BCUT2D eigenvalue weighted by atomic mass is 10.3. The highest BCUT2D eigenvalue weighted by atomic mass is 35.5. The molecule has 0 bridgehead atoms. The number of rotatable bonds is 6. The van der Waals surface area contributed by atoms with Crippen LogP contribution >= 0.6 is 11.6 Å². The molecule has 3 rings (SSSR count). The van der Waals surface area contributed by atoms with Gasteiger partial charge in [-0.25, -0.2) is 4.98 Å². The highest BCUT2D eigenvalue weighted by Crippen LogP contribution is 2.28. The summed E-state index contributed by atoms with van der Waals surface area (Å²) in [6.07, 6.45) is 0.288. The maximum atomic E-state index is 12.6. The van der Waals surface area contributed by atoms with E-state index in [9.17, 15) is 22.8 Å². The molecule has 2 N–H and O–H groups in total. The third-order valence-electron chi connectivity index (χ3n) is 3.86. The standard InChI is InChI=1S/C18H14ClF3N6O2/c19-15-13(24-6-7-25-16(29)11-2-1-5-23-8-11)10-27-28(17(15)30)14-4-3-12(9-26-14)18(20,21)22/h1-5,8-10,24H,6-7H2,(H,25,29). The van der Waals surface area contributed by atoms with Crippen molar-refractivity contribution in [3.05, 3.63) is 75.6 Å². The van der Waals surface area contributed by atoms with E-state index in [1.165, 1.54) is 12.4 Å². The summed E-state index contributed by atoms with van der Waals surface area (Å²) in [6, 6.07) is 5.07. The smallest absolute Gasteiger partial charge is 0.381 e. The van der Waals surface area contributed by atoms with Crippen molar-refractivity contribution in [2.45, 2.75) is 6.18 Å². The van der Waals surface area contributed by atoms with Gasteiger partial charge in [0, 0.05) is 31.7 Å². The van der Waals surface area contributed by atoms with E-state index >= 15 is 0 Å². The number of halogens is 4. The van der Waals surface area contributed by atoms with E-state index in [0.717, 1.165) is 16.8 Å². The Hall–Kier alpha value is -3.47. The van der Waals surface area contributed by atoms with Crippen LogP contribution in [0.1, 0.15) is 15.9 Å². The van der Waals surface area contributed by atoms with Crippen molar-refractivity contribution in [2.24, 2.45) is 0 Å². The van der Waals surface area contributed by atoms with Gasteiger partial charge < -0.3 is 10.6 Å². The number of carbonyl (C=O) groups excluding carboxylic acids is 1. The van der Waals surface area contributed by atoms with Gasteiger partial charge in [-0.15, -0.1) is 0 Å². The number of alkyl halides is 3. The molecule has 3 aromatic heterocycles. The number of pyridine rings is 2. The van der Waals surface area contributed by atoms with Crippen LogP contribution in [0.2, 0.25) is 5.02 Å². The van der Waals surface area contributed by atoms with E-state index in [1.807, 2.05) is 0 Å². The van der Waals surface area contributed by atoms with Crippen molar-refractivity contribution in [1.82, 2.24) is 25.1 Å². The average molecular weight is 439 g/mol. The molecular weight excluding hydrogens is 425 g/mol. The van der Waals surface area contributed by atoms with Crippen molar-refractivity contribution in [2.75, 3.05) is 18.4 Å². The van der Waals surface area contributed by atoms with Crippen LogP contribution in [0.25, 0.3) is 5.82 Å². The molecule has 0 fully saturated rings. The zero-order valence-corrected chi connectivity index (χ0v) is 15.9. The minimum absolute atomic E-state index is 0.106. The third kappa shape index (κ3) is 4.92. The topological polar surface area (TPSA) is 102 Å². The summed E-state index contributed by atoms with van der Waals surface area (Å²) in [6.45, 7) is 0.475. The Morgan fingerprint density at radius 1 is 1.13 bits per heavy atom. The Bertz CT molecular complexity index is 1090. The van der Waals surface area contributed by atoms with Crippen LogP contribution in [-0.2, 0) is 6.18 Å². The van der Waals surface area contributed by atoms with E-state index in [4.69, 9.17) is 11.6 Å². The molecule has 0 aliphatic heterocycles. The maximum absolute atomic E-state index is 12.6. The van der Waals surface area contributed by atoms with E-state index < -0.39 is 17.3 Å². The molecule has 8 nitrogen and oxygen atoms in total. The highest BCUT2D eigenvalue weighted by Gasteiger charge is 2.30. The van der Waals surface area contributed by atoms with Crippen molar-refractivity contribution in [3.8, 4) is 5.82 Å². The van der Waals surface area contributed by atoms with E-state index in [2.05, 4.69) is 25.7 Å². The van der Waals surface area contributed by atoms with Gasteiger partial charge in [0.1, 0.15) is 5.02 Å². The lowest BCUT2D eigenvalue weighted by molar-refractivity contribution is -0.137. The van der Waals surface area contributed by atoms with Crippen molar-refractivity contribution >= 4 is 23.2 Å². The van der Waals surface area contributed by atoms with Crippen LogP contribution in [0.4, 0.5) is 18.9 Å². The molecule has 30 heavy (non-hydrogen) atoms. The summed E-state index contributed by atoms with van der Waals surface area (Å²) in [5.74, 6) is -0.414. The monoisotopic (exact) mass is 438 g/mol. The summed E-state index contributed by atoms with van der Waals surface area (Å²) in [4.78, 5) is 31.8. The Balaban J connectivity index is 1.63. The predicted octanol–water partition coefficient (Wildman–Crippen LogP) is 2.54. The molecular formula is C18H14ClF3N6O2. The van der Waals surface area contributed by atoms with Crippen molar-refractivity contribution in [3.63, 3.8) is 0 Å². The van der Waals surface area contributed by atoms with Crippen molar-refractivity contribution in [1.29, 1.82) is 0 Å². The molecule has 0 unspecified atom stereocenters. The fourth-order valence-corrected chi connectivity index (χ4v) is 2.57. The van der Waals surface area contributed by atoms with Gasteiger partial charge in [-0.05, 0) is 24.3 Å². The molecule has 0 saturated heterocycles. The van der Waals surface area contributed by atoms with Crippen LogP contribution in [0.15, 0.2) is 53.8 Å². The first-order valence-corrected chi connectivity index (χ1v) is 8.88. The van der Waals surface area contributed by atoms with Gasteiger partial charge in [-0.2, -0.15) is 23.0 Å². The Morgan fingerprint density at radius 2 is 1.93 bits per heavy atom. The number of hydrogen-bond acceptors (Lipinski definition) is 6. The van der Waals surface area contributed by atoms with Crippen molar-refractivity contribution < 1.29 is 18.0 Å². The average Bonchev–Trinajstić information content (AvgIpc) is 2.74. The molecule has 0 atom stereocenters. The van der Waals surface area contributed by atoms with E-state index in [-0.39, 0.29) is 35.5 Å². The molecule has 156 valence electrons. The Kier molecular flexibility index (Phi) is 6.31. The summed E-state index contributed by atoms with van der Waals surface area (Å²) in [5, 5.41) is 9.19. The molecule has 1 amide bonds. The lowest BCUT2D eigenvalue weighted by Gasteiger charge is -2.11. The van der Waals surface area contributed by atoms with Gasteiger partial charge >= 0.3 is 6.18 Å². The van der Waals surface area contributed by atoms with Gasteiger partial charge in [-0.1, -0.05) is 11.6 Å². The quantitative estimate of drug-likeness (QED) is 0.573. The highest BCUT2D eigenvalue weighted by molar-refractivity contribution is 6.32. The summed E-state index contributed by atoms with van der Waals surface area (Å²) >= 11 is 6.05. The zero-order valence-electron chi connectivity index (χ0n) is 15.2. The molecule has 12 heteroatoms. The van der Waals surface area contributed by atoms with Gasteiger partial charge in [-0.3, -0.25) is 14.6 Å². The minimum Gasteiger partial charge on any atom is -0.381 e. The first-order chi connectivity index (χ1) is 14.3. The summed E-state index contributed by atoms with van der Waals surface area (Å²) in [7, 11) is 0. The fourth-order valence-electron chi connectivity index (χ4n) is 2.37. The second kappa shape index (κ2) is 8.91. The number of nitrogens with one attached hydrogen (secondary N) is 2. The molecule has 0 aliphatic carbocycles. The lowest BCUT2D eigenvalue weighted by Crippen LogP contribution is -2.29. The molecule has 0 spiro atoms. The van der Waals surface area contributed by atoms with Gasteiger partial charge in [0.15, 0.2) is 5.82 Å². The first-order valence-electron chi connectivity index (χ1n) is 8.51. The summed E-state index contributed by atoms with van der Waals surface area (Å²) < 4.78 is 38.7. The molecule has 3 heterocycles. The number of anilines is 1. The number of carbonyl (C=O) groups is 1. The predicted molar refractivity (Wildman–Crippen MR) is 103 cm³/mol. The SMILES string of the molecule is O=C(NCCNc1cnn(-c2ccc(C(F)(F)F)cn2)c(=O)c1Cl)c1cccnc1. The van der Waals surface area contributed by atoms with Crippen LogP contribution in [-0.4, -0.2) is 38.7 Å². The van der Waals surface area contributed by atoms with E-state index in [0.29, 0.717) is 11.8 Å². The second-order valence-corrected chi connectivity index (χ2v) is 6.29. The fraction of sp³-hybridized carbons (Fsp3) is 0.167. The number of aromatic nitrogens is 4. The van der Waals surface area contributed by atoms with Gasteiger partial charge in [0.05, 0.1) is 23.0 Å². The molecule has 0 aromatic carbocycles. The zero-order chi connectivity index (χ0) is 21.7. The Labute approximate surface area is 172 Å². The van der Waals surface area contributed by atoms with Crippen LogP contribution in [0, 0.1) is 0 Å². The molecule has 0 saturated carbocycles. The first kappa shape index (κ1) is 21.2. The van der Waals surface area contributed by atoms with Crippen LogP contribution in [0.5, 0.6) is 0 Å². The van der Waals surface area contributed by atoms with Crippen LogP contribution in [0.3, 0.4) is 0 Å². The minimum atomic E-state index is -4.54. The van der Waals surface area contributed by atoms with Gasteiger partial charge in [0.2, 0.25) is 0 Å². The molecule has 3 aromatic rings. The van der Waals surface area contributed by atoms with E-state index in [1.54, 1.807) is 18.3 Å². The number of nitrogens with zero attached hydrogens (tertiary/aromatic N) is 4. The van der Waals surface area contributed by atoms with Gasteiger partial charge in [0.25, 0.3) is 11.5 Å². The molecule has 0 radical (unpaired) electrons. The molecule has 0 aliphatic rings. The second-order valence-electron chi connectivity index (χ2n) is 5.92. The summed E-state index contributed by atoms with van der Waals surface area (Å²) in [5.41, 5.74) is -1.09. The Morgan fingerprint density at radius 3 is 2.57 bits per heavy atom. The third-order valence-corrected chi connectivity index (χ3v) is 4.23. The number of hydrogen-bond donors (Lipinski definition) is 2. The maximum Gasteiger partial charge on any atom is 0.417 e. The largest absolute Gasteiger partial charge is 0.417 e. The van der Waals surface area contributed by atoms with Crippen LogP contribution < -0.4 is 16.2 Å². The number of amides is 1. The normalized spacial score (nSPS) is 11.2.